The van der Waals surface area contributed by atoms with Crippen LogP contribution >= 0.6 is 0 Å². The number of amides is 2. The van der Waals surface area contributed by atoms with E-state index in [1.54, 1.807) is 4.90 Å². The molecule has 2 aliphatic rings. The van der Waals surface area contributed by atoms with E-state index in [0.717, 1.165) is 12.0 Å². The number of aromatic amines is 1. The minimum absolute atomic E-state index is 0.00763. The molecule has 1 unspecified atom stereocenters. The van der Waals surface area contributed by atoms with Gasteiger partial charge in [0, 0.05) is 49.9 Å². The Kier molecular flexibility index (Phi) is 3.33. The molecule has 0 bridgehead atoms. The first kappa shape index (κ1) is 14.8. The molecule has 0 spiro atoms. The molecule has 1 aliphatic carbocycles. The van der Waals surface area contributed by atoms with Gasteiger partial charge in [0.15, 0.2) is 0 Å². The number of H-pyrrole nitrogens is 1. The van der Waals surface area contributed by atoms with Gasteiger partial charge in [-0.15, -0.1) is 0 Å². The number of nitrogens with zero attached hydrogens (tertiary/aromatic N) is 2. The highest BCUT2D eigenvalue weighted by atomic mass is 16.4. The van der Waals surface area contributed by atoms with Crippen LogP contribution in [0.5, 0.6) is 0 Å². The summed E-state index contributed by atoms with van der Waals surface area (Å²) in [6.45, 7) is 1.18. The summed E-state index contributed by atoms with van der Waals surface area (Å²) in [5.74, 6) is -0.265. The van der Waals surface area contributed by atoms with Gasteiger partial charge in [-0.2, -0.15) is 0 Å². The van der Waals surface area contributed by atoms with Crippen molar-refractivity contribution in [3.05, 3.63) is 46.5 Å². The summed E-state index contributed by atoms with van der Waals surface area (Å²) in [5, 5.41) is 3.06. The Labute approximate surface area is 137 Å². The van der Waals surface area contributed by atoms with E-state index in [-0.39, 0.29) is 23.6 Å². The highest BCUT2D eigenvalue weighted by molar-refractivity contribution is 5.92. The van der Waals surface area contributed by atoms with E-state index in [1.807, 2.05) is 29.9 Å². The number of piperidine rings is 1. The van der Waals surface area contributed by atoms with Gasteiger partial charge in [-0.1, -0.05) is 0 Å². The SMILES string of the molecule is Cn1cccc1CC(=O)NC1[C@H]2CN(C(=O)c3coc(=O)[nH]3)C[C@@H]12. The number of carbonyl (C=O) groups is 2. The summed E-state index contributed by atoms with van der Waals surface area (Å²) < 4.78 is 6.53. The number of oxazole rings is 1. The third-order valence-electron chi connectivity index (χ3n) is 4.95. The number of nitrogens with one attached hydrogen (secondary N) is 2. The number of hydrogen-bond acceptors (Lipinski definition) is 4. The van der Waals surface area contributed by atoms with E-state index >= 15 is 0 Å². The maximum absolute atomic E-state index is 12.2. The third-order valence-corrected chi connectivity index (χ3v) is 4.95. The molecule has 1 saturated heterocycles. The Morgan fingerprint density at radius 3 is 2.71 bits per heavy atom. The zero-order valence-electron chi connectivity index (χ0n) is 13.2. The van der Waals surface area contributed by atoms with E-state index in [9.17, 15) is 14.4 Å². The second-order valence-electron chi connectivity index (χ2n) is 6.48. The summed E-state index contributed by atoms with van der Waals surface area (Å²) in [5.41, 5.74) is 1.14. The van der Waals surface area contributed by atoms with Crippen molar-refractivity contribution in [2.24, 2.45) is 18.9 Å². The quantitative estimate of drug-likeness (QED) is 0.806. The first-order valence-electron chi connectivity index (χ1n) is 7.89. The van der Waals surface area contributed by atoms with E-state index in [1.165, 1.54) is 0 Å². The molecule has 8 nitrogen and oxygen atoms in total. The Balaban J connectivity index is 1.29. The number of rotatable bonds is 4. The predicted molar refractivity (Wildman–Crippen MR) is 83.3 cm³/mol. The molecule has 2 aromatic rings. The predicted octanol–water partition coefficient (Wildman–Crippen LogP) is -0.264. The van der Waals surface area contributed by atoms with Crippen LogP contribution in [0, 0.1) is 11.8 Å². The fourth-order valence-corrected chi connectivity index (χ4v) is 3.54. The van der Waals surface area contributed by atoms with Crippen molar-refractivity contribution in [3.63, 3.8) is 0 Å². The first-order chi connectivity index (χ1) is 11.5. The number of hydrogen-bond donors (Lipinski definition) is 2. The average Bonchev–Trinajstić information content (AvgIpc) is 3.02. The molecule has 3 atom stereocenters. The van der Waals surface area contributed by atoms with Crippen molar-refractivity contribution in [2.75, 3.05) is 13.1 Å². The molecule has 2 N–H and O–H groups in total. The Bertz CT molecular complexity index is 836. The van der Waals surface area contributed by atoms with Crippen molar-refractivity contribution in [3.8, 4) is 0 Å². The molecule has 0 radical (unpaired) electrons. The average molecular weight is 330 g/mol. The molecule has 2 fully saturated rings. The summed E-state index contributed by atoms with van der Waals surface area (Å²) in [4.78, 5) is 39.4. The minimum atomic E-state index is -0.631. The van der Waals surface area contributed by atoms with Crippen LogP contribution in [0.15, 0.2) is 33.8 Å². The smallest absolute Gasteiger partial charge is 0.416 e. The highest BCUT2D eigenvalue weighted by Crippen LogP contribution is 2.45. The lowest BCUT2D eigenvalue weighted by atomic mass is 10.2. The van der Waals surface area contributed by atoms with Crippen LogP contribution in [0.2, 0.25) is 0 Å². The summed E-state index contributed by atoms with van der Waals surface area (Å²) in [7, 11) is 1.91. The lowest BCUT2D eigenvalue weighted by molar-refractivity contribution is -0.120. The second-order valence-corrected chi connectivity index (χ2v) is 6.48. The Morgan fingerprint density at radius 1 is 1.38 bits per heavy atom. The van der Waals surface area contributed by atoms with Crippen molar-refractivity contribution in [2.45, 2.75) is 12.5 Å². The number of aromatic nitrogens is 2. The minimum Gasteiger partial charge on any atom is -0.416 e. The second kappa shape index (κ2) is 5.40. The molecule has 126 valence electrons. The molecule has 1 aliphatic heterocycles. The van der Waals surface area contributed by atoms with Gasteiger partial charge in [0.1, 0.15) is 12.0 Å². The first-order valence-corrected chi connectivity index (χ1v) is 7.89. The molecule has 24 heavy (non-hydrogen) atoms. The zero-order valence-corrected chi connectivity index (χ0v) is 13.2. The van der Waals surface area contributed by atoms with Gasteiger partial charge in [0.25, 0.3) is 5.91 Å². The topological polar surface area (TPSA) is 100 Å². The van der Waals surface area contributed by atoms with Gasteiger partial charge in [0.05, 0.1) is 6.42 Å². The Hall–Kier alpha value is -2.77. The largest absolute Gasteiger partial charge is 0.416 e. The van der Waals surface area contributed by atoms with Gasteiger partial charge in [-0.25, -0.2) is 4.79 Å². The third kappa shape index (κ3) is 2.53. The van der Waals surface area contributed by atoms with Gasteiger partial charge in [0.2, 0.25) is 5.91 Å². The molecular formula is C16H18N4O4. The van der Waals surface area contributed by atoms with Crippen LogP contribution < -0.4 is 11.1 Å². The van der Waals surface area contributed by atoms with Crippen LogP contribution in [0.3, 0.4) is 0 Å². The highest BCUT2D eigenvalue weighted by Gasteiger charge is 2.57. The van der Waals surface area contributed by atoms with Gasteiger partial charge in [-0.05, 0) is 12.1 Å². The van der Waals surface area contributed by atoms with Crippen LogP contribution in [0.25, 0.3) is 0 Å². The van der Waals surface area contributed by atoms with Crippen LogP contribution in [0.4, 0.5) is 0 Å². The molecule has 2 amide bonds. The van der Waals surface area contributed by atoms with E-state index < -0.39 is 5.76 Å². The summed E-state index contributed by atoms with van der Waals surface area (Å²) in [6.07, 6.45) is 3.42. The normalized spacial score (nSPS) is 24.7. The lowest BCUT2D eigenvalue weighted by Crippen LogP contribution is -2.38. The molecule has 3 heterocycles. The monoisotopic (exact) mass is 330 g/mol. The van der Waals surface area contributed by atoms with Crippen LogP contribution in [-0.2, 0) is 18.3 Å². The summed E-state index contributed by atoms with van der Waals surface area (Å²) in [6, 6.07) is 3.99. The van der Waals surface area contributed by atoms with E-state index in [4.69, 9.17) is 0 Å². The van der Waals surface area contributed by atoms with Crippen molar-refractivity contribution >= 4 is 11.8 Å². The van der Waals surface area contributed by atoms with Crippen LogP contribution in [-0.4, -0.2) is 45.4 Å². The zero-order chi connectivity index (χ0) is 16.8. The van der Waals surface area contributed by atoms with E-state index in [2.05, 4.69) is 14.7 Å². The molecular weight excluding hydrogens is 312 g/mol. The molecule has 0 aromatic carbocycles. The Morgan fingerprint density at radius 2 is 2.12 bits per heavy atom. The number of likely N-dealkylation sites (tertiary alicyclic amines) is 1. The maximum atomic E-state index is 12.2. The van der Waals surface area contributed by atoms with Crippen molar-refractivity contribution in [1.29, 1.82) is 0 Å². The molecule has 8 heteroatoms. The number of carbonyl (C=O) groups excluding carboxylic acids is 2. The molecule has 4 rings (SSSR count). The van der Waals surface area contributed by atoms with Gasteiger partial charge in [-0.3, -0.25) is 14.6 Å². The lowest BCUT2D eigenvalue weighted by Gasteiger charge is -2.19. The van der Waals surface area contributed by atoms with Gasteiger partial charge >= 0.3 is 5.76 Å². The van der Waals surface area contributed by atoms with Crippen molar-refractivity contribution < 1.29 is 14.0 Å². The molecule has 1 saturated carbocycles. The van der Waals surface area contributed by atoms with E-state index in [0.29, 0.717) is 31.3 Å². The van der Waals surface area contributed by atoms with Crippen LogP contribution in [0.1, 0.15) is 16.2 Å². The standard InChI is InChI=1S/C16H18N4O4/c1-19-4-2-3-9(19)5-13(21)18-14-10-6-20(7-11(10)14)15(22)12-8-24-16(23)17-12/h2-4,8,10-11,14H,5-7H2,1H3,(H,17,23)(H,18,21)/t10-,11+,14?. The summed E-state index contributed by atoms with van der Waals surface area (Å²) >= 11 is 0. The fourth-order valence-electron chi connectivity index (χ4n) is 3.54. The van der Waals surface area contributed by atoms with Gasteiger partial charge < -0.3 is 19.2 Å². The number of aryl methyl sites for hydroxylation is 1. The fraction of sp³-hybridized carbons (Fsp3) is 0.438. The van der Waals surface area contributed by atoms with Crippen molar-refractivity contribution in [1.82, 2.24) is 19.8 Å². The number of fused-ring (bicyclic) bond motifs is 1. The maximum Gasteiger partial charge on any atom is 0.416 e. The molecule has 2 aromatic heterocycles.